The smallest absolute Gasteiger partial charge is 0.191 e. The second-order valence-electron chi connectivity index (χ2n) is 5.50. The molecule has 0 amide bonds. The summed E-state index contributed by atoms with van der Waals surface area (Å²) in [5.41, 5.74) is 1.09. The molecule has 0 aliphatic heterocycles. The minimum Gasteiger partial charge on any atom is -0.382 e. The van der Waals surface area contributed by atoms with Crippen LogP contribution in [-0.2, 0) is 11.3 Å². The number of unbranched alkanes of at least 4 members (excludes halogenated alkanes) is 1. The Bertz CT molecular complexity index is 632. The van der Waals surface area contributed by atoms with Gasteiger partial charge in [0.05, 0.1) is 6.54 Å². The predicted molar refractivity (Wildman–Crippen MR) is 115 cm³/mol. The SMILES string of the molecule is CCNC(=NCc1ccnc(-n2cccn2)c1)NCCCCOCC.I. The number of nitrogens with zero attached hydrogens (tertiary/aromatic N) is 4. The molecular weight excluding hydrogens is 443 g/mol. The van der Waals surface area contributed by atoms with E-state index in [1.807, 2.05) is 31.3 Å². The van der Waals surface area contributed by atoms with Crippen molar-refractivity contribution in [1.29, 1.82) is 0 Å². The highest BCUT2D eigenvalue weighted by Crippen LogP contribution is 2.07. The number of rotatable bonds is 10. The second-order valence-corrected chi connectivity index (χ2v) is 5.50. The monoisotopic (exact) mass is 472 g/mol. The lowest BCUT2D eigenvalue weighted by Gasteiger charge is -2.11. The van der Waals surface area contributed by atoms with Crippen molar-refractivity contribution in [2.24, 2.45) is 4.99 Å². The van der Waals surface area contributed by atoms with E-state index in [2.05, 4.69) is 32.6 Å². The summed E-state index contributed by atoms with van der Waals surface area (Å²) in [7, 11) is 0. The maximum absolute atomic E-state index is 5.35. The molecule has 0 atom stereocenters. The standard InChI is InChI=1S/C18H28N6O.HI/c1-3-19-18(21-9-5-6-13-25-4-2)22-15-16-8-11-20-17(14-16)24-12-7-10-23-24;/h7-8,10-12,14H,3-6,9,13,15H2,1-2H3,(H2,19,21,22);1H. The van der Waals surface area contributed by atoms with Crippen molar-refractivity contribution < 1.29 is 4.74 Å². The van der Waals surface area contributed by atoms with Gasteiger partial charge in [-0.3, -0.25) is 0 Å². The van der Waals surface area contributed by atoms with Crippen LogP contribution < -0.4 is 10.6 Å². The Hall–Kier alpha value is -1.68. The number of halogens is 1. The molecule has 0 fully saturated rings. The van der Waals surface area contributed by atoms with E-state index >= 15 is 0 Å². The summed E-state index contributed by atoms with van der Waals surface area (Å²) in [5.74, 6) is 1.63. The Morgan fingerprint density at radius 1 is 1.23 bits per heavy atom. The Kier molecular flexibility index (Phi) is 11.6. The summed E-state index contributed by atoms with van der Waals surface area (Å²) < 4.78 is 7.09. The molecule has 2 aromatic heterocycles. The molecule has 0 saturated carbocycles. The largest absolute Gasteiger partial charge is 0.382 e. The molecule has 0 unspecified atom stereocenters. The fourth-order valence-corrected chi connectivity index (χ4v) is 2.28. The molecule has 2 rings (SSSR count). The van der Waals surface area contributed by atoms with Crippen molar-refractivity contribution in [2.45, 2.75) is 33.2 Å². The number of ether oxygens (including phenoxy) is 1. The molecule has 7 nitrogen and oxygen atoms in total. The Morgan fingerprint density at radius 3 is 2.85 bits per heavy atom. The maximum Gasteiger partial charge on any atom is 0.191 e. The van der Waals surface area contributed by atoms with Gasteiger partial charge < -0.3 is 15.4 Å². The number of hydrogen-bond acceptors (Lipinski definition) is 4. The Morgan fingerprint density at radius 2 is 2.12 bits per heavy atom. The first-order chi connectivity index (χ1) is 12.3. The number of hydrogen-bond donors (Lipinski definition) is 2. The average Bonchev–Trinajstić information content (AvgIpc) is 3.17. The van der Waals surface area contributed by atoms with Gasteiger partial charge in [-0.2, -0.15) is 5.10 Å². The first-order valence-corrected chi connectivity index (χ1v) is 8.88. The van der Waals surface area contributed by atoms with E-state index in [9.17, 15) is 0 Å². The van der Waals surface area contributed by atoms with E-state index in [0.717, 1.165) is 56.5 Å². The van der Waals surface area contributed by atoms with E-state index < -0.39 is 0 Å². The summed E-state index contributed by atoms with van der Waals surface area (Å²) in [6.45, 7) is 7.99. The summed E-state index contributed by atoms with van der Waals surface area (Å²) in [5, 5.41) is 10.8. The van der Waals surface area contributed by atoms with Crippen LogP contribution in [0.1, 0.15) is 32.3 Å². The zero-order valence-corrected chi connectivity index (χ0v) is 17.8. The minimum absolute atomic E-state index is 0. The van der Waals surface area contributed by atoms with E-state index in [1.165, 1.54) is 0 Å². The number of nitrogens with one attached hydrogen (secondary N) is 2. The molecular formula is C18H29IN6O. The molecule has 0 spiro atoms. The van der Waals surface area contributed by atoms with Crippen molar-refractivity contribution in [2.75, 3.05) is 26.3 Å². The maximum atomic E-state index is 5.35. The third-order valence-electron chi connectivity index (χ3n) is 3.53. The lowest BCUT2D eigenvalue weighted by atomic mass is 10.2. The van der Waals surface area contributed by atoms with E-state index in [4.69, 9.17) is 4.74 Å². The normalized spacial score (nSPS) is 11.1. The van der Waals surface area contributed by atoms with Gasteiger partial charge in [-0.05, 0) is 50.5 Å². The molecule has 0 aliphatic rings. The topological polar surface area (TPSA) is 76.4 Å². The quantitative estimate of drug-likeness (QED) is 0.241. The van der Waals surface area contributed by atoms with Crippen LogP contribution in [0.2, 0.25) is 0 Å². The third-order valence-corrected chi connectivity index (χ3v) is 3.53. The van der Waals surface area contributed by atoms with Gasteiger partial charge in [0, 0.05) is 44.9 Å². The number of pyridine rings is 1. The van der Waals surface area contributed by atoms with Crippen LogP contribution in [0.25, 0.3) is 5.82 Å². The molecule has 2 aromatic rings. The van der Waals surface area contributed by atoms with Crippen LogP contribution in [-0.4, -0.2) is 47.0 Å². The molecule has 2 N–H and O–H groups in total. The van der Waals surface area contributed by atoms with Gasteiger partial charge in [0.15, 0.2) is 11.8 Å². The Balaban J connectivity index is 0.00000338. The fourth-order valence-electron chi connectivity index (χ4n) is 2.28. The van der Waals surface area contributed by atoms with Gasteiger partial charge in [-0.15, -0.1) is 24.0 Å². The fraction of sp³-hybridized carbons (Fsp3) is 0.500. The van der Waals surface area contributed by atoms with Crippen LogP contribution in [0.15, 0.2) is 41.8 Å². The highest BCUT2D eigenvalue weighted by atomic mass is 127. The van der Waals surface area contributed by atoms with Crippen molar-refractivity contribution in [1.82, 2.24) is 25.4 Å². The van der Waals surface area contributed by atoms with Gasteiger partial charge in [0.2, 0.25) is 0 Å². The van der Waals surface area contributed by atoms with Gasteiger partial charge in [0.1, 0.15) is 0 Å². The van der Waals surface area contributed by atoms with Crippen molar-refractivity contribution in [3.05, 3.63) is 42.4 Å². The van der Waals surface area contributed by atoms with Crippen LogP contribution in [0.4, 0.5) is 0 Å². The van der Waals surface area contributed by atoms with Crippen molar-refractivity contribution in [3.63, 3.8) is 0 Å². The predicted octanol–water partition coefficient (Wildman–Crippen LogP) is 2.76. The van der Waals surface area contributed by atoms with E-state index in [1.54, 1.807) is 17.1 Å². The van der Waals surface area contributed by atoms with Gasteiger partial charge in [0.25, 0.3) is 0 Å². The van der Waals surface area contributed by atoms with Gasteiger partial charge in [-0.1, -0.05) is 0 Å². The molecule has 0 radical (unpaired) electrons. The Labute approximate surface area is 172 Å². The minimum atomic E-state index is 0. The van der Waals surface area contributed by atoms with Crippen molar-refractivity contribution in [3.8, 4) is 5.82 Å². The average molecular weight is 472 g/mol. The molecule has 8 heteroatoms. The summed E-state index contributed by atoms with van der Waals surface area (Å²) in [6.07, 6.45) is 7.52. The summed E-state index contributed by atoms with van der Waals surface area (Å²) in [4.78, 5) is 8.99. The van der Waals surface area contributed by atoms with E-state index in [0.29, 0.717) is 6.54 Å². The lowest BCUT2D eigenvalue weighted by molar-refractivity contribution is 0.143. The molecule has 0 bridgehead atoms. The number of aromatic nitrogens is 3. The lowest BCUT2D eigenvalue weighted by Crippen LogP contribution is -2.37. The summed E-state index contributed by atoms with van der Waals surface area (Å²) >= 11 is 0. The van der Waals surface area contributed by atoms with Crippen LogP contribution in [0, 0.1) is 0 Å². The number of aliphatic imine (C=N–C) groups is 1. The van der Waals surface area contributed by atoms with E-state index in [-0.39, 0.29) is 24.0 Å². The summed E-state index contributed by atoms with van der Waals surface area (Å²) in [6, 6.07) is 5.86. The van der Waals surface area contributed by atoms with Crippen molar-refractivity contribution >= 4 is 29.9 Å². The highest BCUT2D eigenvalue weighted by Gasteiger charge is 2.01. The molecule has 2 heterocycles. The molecule has 144 valence electrons. The molecule has 0 saturated heterocycles. The van der Waals surface area contributed by atoms with Crippen LogP contribution in [0.3, 0.4) is 0 Å². The zero-order chi connectivity index (χ0) is 17.7. The molecule has 0 aromatic carbocycles. The van der Waals surface area contributed by atoms with Crippen LogP contribution in [0.5, 0.6) is 0 Å². The molecule has 0 aliphatic carbocycles. The first-order valence-electron chi connectivity index (χ1n) is 8.88. The third kappa shape index (κ3) is 8.13. The zero-order valence-electron chi connectivity index (χ0n) is 15.5. The first kappa shape index (κ1) is 22.4. The number of guanidine groups is 1. The molecule has 26 heavy (non-hydrogen) atoms. The van der Waals surface area contributed by atoms with Gasteiger partial charge >= 0.3 is 0 Å². The second kappa shape index (κ2) is 13.5. The highest BCUT2D eigenvalue weighted by molar-refractivity contribution is 14.0. The van der Waals surface area contributed by atoms with Gasteiger partial charge in [-0.25, -0.2) is 14.7 Å². The van der Waals surface area contributed by atoms with Crippen LogP contribution >= 0.6 is 24.0 Å².